The van der Waals surface area contributed by atoms with Gasteiger partial charge in [0.25, 0.3) is 0 Å². The highest BCUT2D eigenvalue weighted by molar-refractivity contribution is 7.80. The predicted octanol–water partition coefficient (Wildman–Crippen LogP) is 9.98. The number of aromatic nitrogens is 1. The molecule has 37 heavy (non-hydrogen) atoms. The summed E-state index contributed by atoms with van der Waals surface area (Å²) in [4.78, 5) is 7.94. The van der Waals surface area contributed by atoms with Crippen LogP contribution in [0, 0.1) is 0 Å². The molecule has 5 aromatic carbocycles. The summed E-state index contributed by atoms with van der Waals surface area (Å²) in [5.74, 6) is 0.864. The Hall–Kier alpha value is -4.05. The molecule has 0 aliphatic carbocycles. The molecule has 6 aromatic rings. The summed E-state index contributed by atoms with van der Waals surface area (Å²) in [6.45, 7) is 0. The van der Waals surface area contributed by atoms with E-state index in [1.165, 1.54) is 5.39 Å². The summed E-state index contributed by atoms with van der Waals surface area (Å²) >= 11 is 10.9. The second-order valence-corrected chi connectivity index (χ2v) is 9.70. The van der Waals surface area contributed by atoms with Gasteiger partial charge in [0.05, 0.1) is 0 Å². The largest absolute Gasteiger partial charge is 0.295 e. The number of hydrogen-bond donors (Lipinski definition) is 1. The molecule has 4 heteroatoms. The van der Waals surface area contributed by atoms with Crippen LogP contribution in [0.1, 0.15) is 0 Å². The summed E-state index contributed by atoms with van der Waals surface area (Å²) in [6.07, 6.45) is 1.96. The van der Waals surface area contributed by atoms with Crippen LogP contribution in [0.5, 0.6) is 0 Å². The monoisotopic (exact) mass is 514 g/mol. The molecule has 0 atom stereocenters. The van der Waals surface area contributed by atoms with Gasteiger partial charge in [-0.05, 0) is 76.0 Å². The van der Waals surface area contributed by atoms with Gasteiger partial charge in [-0.3, -0.25) is 4.90 Å². The van der Waals surface area contributed by atoms with Gasteiger partial charge in [0, 0.05) is 33.1 Å². The van der Waals surface area contributed by atoms with E-state index >= 15 is 0 Å². The zero-order chi connectivity index (χ0) is 25.2. The van der Waals surface area contributed by atoms with Gasteiger partial charge in [-0.25, -0.2) is 4.98 Å². The third-order valence-corrected chi connectivity index (χ3v) is 7.10. The van der Waals surface area contributed by atoms with Gasteiger partial charge in [-0.15, -0.1) is 12.6 Å². The smallest absolute Gasteiger partial charge is 0.137 e. The molecule has 0 aliphatic heterocycles. The molecule has 1 aromatic heterocycles. The quantitative estimate of drug-likeness (QED) is 0.230. The van der Waals surface area contributed by atoms with Crippen molar-refractivity contribution < 1.29 is 0 Å². The molecule has 0 N–H and O–H groups in total. The van der Waals surface area contributed by atoms with Crippen molar-refractivity contribution in [3.05, 3.63) is 139 Å². The van der Waals surface area contributed by atoms with Gasteiger partial charge < -0.3 is 0 Å². The van der Waals surface area contributed by atoms with E-state index in [1.807, 2.05) is 60.8 Å². The lowest BCUT2D eigenvalue weighted by molar-refractivity contribution is 1.18. The van der Waals surface area contributed by atoms with E-state index in [4.69, 9.17) is 29.2 Å². The number of fused-ring (bicyclic) bond motifs is 1. The molecule has 0 amide bonds. The summed E-state index contributed by atoms with van der Waals surface area (Å²) in [6, 6.07) is 43.5. The third-order valence-electron chi connectivity index (χ3n) is 6.49. The molecule has 2 nitrogen and oxygen atoms in total. The Morgan fingerprint density at radius 1 is 0.568 bits per heavy atom. The van der Waals surface area contributed by atoms with Crippen LogP contribution in [0.15, 0.2) is 138 Å². The SMILES string of the molecule is Sc1cc(Cl)ccc1-c1ccc(-c2ccc(N(c3ccccc3)c3ccccc3)nc2)c2ccccc12. The molecule has 1 heterocycles. The van der Waals surface area contributed by atoms with E-state index in [-0.39, 0.29) is 0 Å². The minimum atomic E-state index is 0.681. The number of benzene rings is 5. The van der Waals surface area contributed by atoms with Gasteiger partial charge in [0.1, 0.15) is 5.82 Å². The van der Waals surface area contributed by atoms with Crippen LogP contribution in [0.25, 0.3) is 33.0 Å². The first kappa shape index (κ1) is 23.4. The van der Waals surface area contributed by atoms with Crippen molar-refractivity contribution in [3.63, 3.8) is 0 Å². The van der Waals surface area contributed by atoms with Crippen LogP contribution < -0.4 is 4.90 Å². The molecule has 0 saturated carbocycles. The lowest BCUT2D eigenvalue weighted by Gasteiger charge is -2.24. The zero-order valence-electron chi connectivity index (χ0n) is 19.9. The van der Waals surface area contributed by atoms with Crippen molar-refractivity contribution >= 4 is 52.2 Å². The van der Waals surface area contributed by atoms with Crippen LogP contribution in [-0.2, 0) is 0 Å². The van der Waals surface area contributed by atoms with Crippen LogP contribution in [0.2, 0.25) is 5.02 Å². The third kappa shape index (κ3) is 4.60. The molecule has 0 radical (unpaired) electrons. The summed E-state index contributed by atoms with van der Waals surface area (Å²) in [7, 11) is 0. The first-order valence-electron chi connectivity index (χ1n) is 12.1. The number of anilines is 3. The van der Waals surface area contributed by atoms with Gasteiger partial charge in [0.15, 0.2) is 0 Å². The second-order valence-electron chi connectivity index (χ2n) is 8.78. The molecule has 6 rings (SSSR count). The number of nitrogens with zero attached hydrogens (tertiary/aromatic N) is 2. The van der Waals surface area contributed by atoms with E-state index in [1.54, 1.807) is 0 Å². The Morgan fingerprint density at radius 3 is 1.73 bits per heavy atom. The maximum atomic E-state index is 6.18. The maximum Gasteiger partial charge on any atom is 0.137 e. The lowest BCUT2D eigenvalue weighted by Crippen LogP contribution is -2.11. The Morgan fingerprint density at radius 2 is 1.14 bits per heavy atom. The number of para-hydroxylation sites is 2. The van der Waals surface area contributed by atoms with Crippen LogP contribution >= 0.6 is 24.2 Å². The minimum absolute atomic E-state index is 0.681. The van der Waals surface area contributed by atoms with Crippen molar-refractivity contribution in [2.24, 2.45) is 0 Å². The van der Waals surface area contributed by atoms with Gasteiger partial charge >= 0.3 is 0 Å². The van der Waals surface area contributed by atoms with Crippen molar-refractivity contribution in [2.45, 2.75) is 4.90 Å². The van der Waals surface area contributed by atoms with Crippen LogP contribution in [0.4, 0.5) is 17.2 Å². The first-order valence-corrected chi connectivity index (χ1v) is 12.9. The topological polar surface area (TPSA) is 16.1 Å². The van der Waals surface area contributed by atoms with E-state index in [2.05, 4.69) is 77.7 Å². The van der Waals surface area contributed by atoms with Gasteiger partial charge in [0.2, 0.25) is 0 Å². The van der Waals surface area contributed by atoms with Gasteiger partial charge in [-0.2, -0.15) is 0 Å². The molecule has 178 valence electrons. The highest BCUT2D eigenvalue weighted by Crippen LogP contribution is 2.39. The predicted molar refractivity (Wildman–Crippen MR) is 160 cm³/mol. The Labute approximate surface area is 227 Å². The number of rotatable bonds is 5. The molecule has 0 saturated heterocycles. The lowest BCUT2D eigenvalue weighted by atomic mass is 9.92. The fourth-order valence-corrected chi connectivity index (χ4v) is 5.35. The molecule has 0 bridgehead atoms. The highest BCUT2D eigenvalue weighted by Gasteiger charge is 2.15. The van der Waals surface area contributed by atoms with Crippen LogP contribution in [0.3, 0.4) is 0 Å². The number of thiol groups is 1. The van der Waals surface area contributed by atoms with Crippen molar-refractivity contribution in [1.82, 2.24) is 4.98 Å². The molecule has 0 fully saturated rings. The Bertz CT molecular complexity index is 1640. The highest BCUT2D eigenvalue weighted by atomic mass is 35.5. The maximum absolute atomic E-state index is 6.18. The fourth-order valence-electron chi connectivity index (χ4n) is 4.76. The van der Waals surface area contributed by atoms with E-state index in [0.29, 0.717) is 5.02 Å². The molecule has 0 unspecified atom stereocenters. The normalized spacial score (nSPS) is 11.0. The standard InChI is InChI=1S/C33H23ClN2S/c34-24-16-17-31(32(37)21-24)30-19-18-27(28-13-7-8-14-29(28)30)23-15-20-33(35-22-23)36(25-9-3-1-4-10-25)26-11-5-2-6-12-26/h1-22,37H. The zero-order valence-corrected chi connectivity index (χ0v) is 21.6. The molecule has 0 spiro atoms. The molecular weight excluding hydrogens is 492 g/mol. The number of pyridine rings is 1. The Kier molecular flexibility index (Phi) is 6.40. The number of halogens is 1. The number of hydrogen-bond acceptors (Lipinski definition) is 3. The average Bonchev–Trinajstić information content (AvgIpc) is 2.95. The van der Waals surface area contributed by atoms with Crippen molar-refractivity contribution in [1.29, 1.82) is 0 Å². The van der Waals surface area contributed by atoms with E-state index < -0.39 is 0 Å². The second kappa shape index (κ2) is 10.1. The average molecular weight is 515 g/mol. The van der Waals surface area contributed by atoms with Crippen LogP contribution in [-0.4, -0.2) is 4.98 Å². The molecular formula is C33H23ClN2S. The Balaban J connectivity index is 1.44. The van der Waals surface area contributed by atoms with Crippen molar-refractivity contribution in [3.8, 4) is 22.3 Å². The summed E-state index contributed by atoms with van der Waals surface area (Å²) in [5, 5.41) is 3.01. The minimum Gasteiger partial charge on any atom is -0.295 e. The summed E-state index contributed by atoms with van der Waals surface area (Å²) in [5.41, 5.74) is 6.52. The fraction of sp³-hybridized carbons (Fsp3) is 0. The van der Waals surface area contributed by atoms with E-state index in [9.17, 15) is 0 Å². The van der Waals surface area contributed by atoms with Crippen molar-refractivity contribution in [2.75, 3.05) is 4.90 Å². The molecule has 0 aliphatic rings. The first-order chi connectivity index (χ1) is 18.2. The summed E-state index contributed by atoms with van der Waals surface area (Å²) < 4.78 is 0. The van der Waals surface area contributed by atoms with E-state index in [0.717, 1.165) is 49.7 Å². The van der Waals surface area contributed by atoms with Gasteiger partial charge in [-0.1, -0.05) is 90.5 Å².